The Morgan fingerprint density at radius 1 is 0.805 bits per heavy atom. The SMILES string of the molecule is Cc1ccc(N2C3=C(O)C(C(C)(C)C)C(=S(=O)=O)C(C(C)(C)C)=C3Oc3c2cc(C(C)(C)C)cc3C(C)(C)C)cc1. The zero-order valence-corrected chi connectivity index (χ0v) is 27.9. The van der Waals surface area contributed by atoms with E-state index in [1.807, 2.05) is 48.5 Å². The molecule has 5 nitrogen and oxygen atoms in total. The Morgan fingerprint density at radius 3 is 1.80 bits per heavy atom. The molecule has 1 N–H and O–H groups in total. The third-order valence-corrected chi connectivity index (χ3v) is 8.77. The van der Waals surface area contributed by atoms with E-state index in [9.17, 15) is 13.5 Å². The molecule has 1 aliphatic carbocycles. The molecule has 0 fully saturated rings. The topological polar surface area (TPSA) is 66.8 Å². The maximum absolute atomic E-state index is 13.0. The molecule has 1 heterocycles. The van der Waals surface area contributed by atoms with Crippen LogP contribution in [0.4, 0.5) is 11.4 Å². The standard InChI is InChI=1S/C35H47NO4S/c1-20-14-16-22(17-15-20)36-24-19-21(32(2,3)4)18-23(33(5,6)7)29(24)40-30-26(35(11,12)13)31(41(38)39)25(34(8,9)10)28(37)27(30)36/h14-19,25,37H,1-13H3. The van der Waals surface area contributed by atoms with E-state index in [0.29, 0.717) is 22.8 Å². The van der Waals surface area contributed by atoms with Crippen molar-refractivity contribution < 1.29 is 18.3 Å². The molecule has 0 spiro atoms. The number of ether oxygens (including phenoxy) is 1. The summed E-state index contributed by atoms with van der Waals surface area (Å²) in [4.78, 5) is 2.28. The van der Waals surface area contributed by atoms with Crippen molar-refractivity contribution in [3.05, 3.63) is 75.9 Å². The molecule has 2 aliphatic rings. The second-order valence-electron chi connectivity index (χ2n) is 15.7. The molecule has 4 rings (SSSR count). The highest BCUT2D eigenvalue weighted by Crippen LogP contribution is 2.56. The zero-order valence-electron chi connectivity index (χ0n) is 27.1. The van der Waals surface area contributed by atoms with Crippen LogP contribution in [-0.4, -0.2) is 18.4 Å². The van der Waals surface area contributed by atoms with Crippen molar-refractivity contribution in [3.63, 3.8) is 0 Å². The third kappa shape index (κ3) is 5.48. The highest BCUT2D eigenvalue weighted by molar-refractivity contribution is 7.73. The van der Waals surface area contributed by atoms with Gasteiger partial charge in [0.05, 0.1) is 16.5 Å². The van der Waals surface area contributed by atoms with Crippen LogP contribution in [-0.2, 0) is 21.1 Å². The highest BCUT2D eigenvalue weighted by Gasteiger charge is 2.50. The number of nitrogens with zero attached hydrogens (tertiary/aromatic N) is 1. The monoisotopic (exact) mass is 577 g/mol. The number of benzene rings is 2. The second kappa shape index (κ2) is 9.79. The number of anilines is 2. The lowest BCUT2D eigenvalue weighted by Gasteiger charge is -2.46. The first-order chi connectivity index (χ1) is 18.5. The molecule has 6 heteroatoms. The van der Waals surface area contributed by atoms with Gasteiger partial charge in [-0.2, -0.15) is 8.42 Å². The van der Waals surface area contributed by atoms with Gasteiger partial charge in [-0.1, -0.05) is 107 Å². The van der Waals surface area contributed by atoms with Crippen molar-refractivity contribution in [2.45, 2.75) is 101 Å². The minimum Gasteiger partial charge on any atom is -0.509 e. The van der Waals surface area contributed by atoms with E-state index in [0.717, 1.165) is 28.1 Å². The summed E-state index contributed by atoms with van der Waals surface area (Å²) in [6, 6.07) is 12.6. The summed E-state index contributed by atoms with van der Waals surface area (Å²) < 4.78 is 33.0. The van der Waals surface area contributed by atoms with Crippen LogP contribution in [0.15, 0.2) is 59.2 Å². The van der Waals surface area contributed by atoms with Gasteiger partial charge in [0, 0.05) is 16.8 Å². The van der Waals surface area contributed by atoms with Crippen molar-refractivity contribution in [2.75, 3.05) is 4.90 Å². The second-order valence-corrected chi connectivity index (χ2v) is 16.6. The number of hydrogen-bond donors (Lipinski definition) is 1. The number of rotatable bonds is 1. The summed E-state index contributed by atoms with van der Waals surface area (Å²) in [6.07, 6.45) is 0. The van der Waals surface area contributed by atoms with Gasteiger partial charge in [0.15, 0.2) is 11.5 Å². The molecule has 0 saturated heterocycles. The Bertz CT molecular complexity index is 1590. The molecule has 0 bridgehead atoms. The van der Waals surface area contributed by atoms with E-state index in [1.165, 1.54) is 0 Å². The summed E-state index contributed by atoms with van der Waals surface area (Å²) in [7, 11) is -2.58. The molecule has 0 aromatic heterocycles. The largest absolute Gasteiger partial charge is 0.509 e. The first-order valence-electron chi connectivity index (χ1n) is 14.4. The highest BCUT2D eigenvalue weighted by atomic mass is 32.2. The van der Waals surface area contributed by atoms with E-state index in [4.69, 9.17) is 4.74 Å². The van der Waals surface area contributed by atoms with Crippen molar-refractivity contribution in [1.82, 2.24) is 0 Å². The van der Waals surface area contributed by atoms with Gasteiger partial charge in [0.1, 0.15) is 11.5 Å². The quantitative estimate of drug-likeness (QED) is 0.343. The molecular weight excluding hydrogens is 530 g/mol. The molecule has 1 unspecified atom stereocenters. The minimum atomic E-state index is -2.58. The average Bonchev–Trinajstić information content (AvgIpc) is 2.79. The van der Waals surface area contributed by atoms with Gasteiger partial charge < -0.3 is 14.7 Å². The van der Waals surface area contributed by atoms with Crippen molar-refractivity contribution >= 4 is 26.5 Å². The van der Waals surface area contributed by atoms with Crippen LogP contribution < -0.4 is 9.64 Å². The first kappa shape index (κ1) is 31.0. The summed E-state index contributed by atoms with van der Waals surface area (Å²) in [5, 5.41) is 12.2. The van der Waals surface area contributed by atoms with Gasteiger partial charge in [-0.05, 0) is 52.3 Å². The number of fused-ring (bicyclic) bond motifs is 2. The smallest absolute Gasteiger partial charge is 0.218 e. The van der Waals surface area contributed by atoms with Crippen LogP contribution in [0.25, 0.3) is 0 Å². The van der Waals surface area contributed by atoms with Crippen molar-refractivity contribution in [2.24, 2.45) is 16.7 Å². The Kier molecular flexibility index (Phi) is 7.39. The van der Waals surface area contributed by atoms with Crippen LogP contribution in [0.5, 0.6) is 5.75 Å². The lowest BCUT2D eigenvalue weighted by molar-refractivity contribution is 0.241. The molecule has 2 aromatic carbocycles. The molecule has 0 saturated carbocycles. The number of allylic oxidation sites excluding steroid dienone is 2. The maximum Gasteiger partial charge on any atom is 0.218 e. The van der Waals surface area contributed by atoms with E-state index >= 15 is 0 Å². The number of aliphatic hydroxyl groups is 1. The molecule has 0 radical (unpaired) electrons. The van der Waals surface area contributed by atoms with E-state index in [1.54, 1.807) is 0 Å². The molecule has 1 aliphatic heterocycles. The van der Waals surface area contributed by atoms with E-state index < -0.39 is 27.0 Å². The van der Waals surface area contributed by atoms with Crippen LogP contribution in [0.3, 0.4) is 0 Å². The molecule has 2 aromatic rings. The normalized spacial score (nSPS) is 18.3. The number of hydrogen-bond acceptors (Lipinski definition) is 5. The fourth-order valence-corrected chi connectivity index (χ4v) is 7.05. The molecular formula is C35H47NO4S. The average molecular weight is 578 g/mol. The summed E-state index contributed by atoms with van der Waals surface area (Å²) >= 11 is 0. The van der Waals surface area contributed by atoms with Crippen LogP contribution in [0.2, 0.25) is 0 Å². The number of aryl methyl sites for hydroxylation is 1. The number of aliphatic hydroxyl groups excluding tert-OH is 1. The Morgan fingerprint density at radius 2 is 1.37 bits per heavy atom. The molecule has 0 amide bonds. The Labute approximate surface area is 248 Å². The molecule has 222 valence electrons. The molecule has 41 heavy (non-hydrogen) atoms. The van der Waals surface area contributed by atoms with Crippen LogP contribution in [0, 0.1) is 23.7 Å². The fraction of sp³-hybridized carbons (Fsp3) is 0.514. The predicted octanol–water partition coefficient (Wildman–Crippen LogP) is 8.92. The van der Waals surface area contributed by atoms with Gasteiger partial charge in [0.2, 0.25) is 10.3 Å². The van der Waals surface area contributed by atoms with Gasteiger partial charge in [0.25, 0.3) is 0 Å². The van der Waals surface area contributed by atoms with Crippen molar-refractivity contribution in [3.8, 4) is 5.75 Å². The maximum atomic E-state index is 13.0. The van der Waals surface area contributed by atoms with Gasteiger partial charge >= 0.3 is 0 Å². The Balaban J connectivity index is 2.30. The summed E-state index contributed by atoms with van der Waals surface area (Å²) in [5.41, 5.74) is 4.53. The van der Waals surface area contributed by atoms with Gasteiger partial charge in [-0.3, -0.25) is 0 Å². The van der Waals surface area contributed by atoms with Gasteiger partial charge in [-0.15, -0.1) is 0 Å². The van der Waals surface area contributed by atoms with Crippen LogP contribution in [0.1, 0.15) is 99.8 Å². The Hall–Kier alpha value is -2.99. The van der Waals surface area contributed by atoms with Gasteiger partial charge in [-0.25, -0.2) is 0 Å². The predicted molar refractivity (Wildman–Crippen MR) is 171 cm³/mol. The van der Waals surface area contributed by atoms with Crippen LogP contribution >= 0.6 is 0 Å². The zero-order chi connectivity index (χ0) is 31.0. The summed E-state index contributed by atoms with van der Waals surface area (Å²) in [6.45, 7) is 27.0. The lowest BCUT2D eigenvalue weighted by Crippen LogP contribution is -2.44. The fourth-order valence-electron chi connectivity index (χ4n) is 5.82. The van der Waals surface area contributed by atoms with E-state index in [-0.39, 0.29) is 21.5 Å². The lowest BCUT2D eigenvalue weighted by atomic mass is 9.67. The third-order valence-electron chi connectivity index (χ3n) is 7.97. The summed E-state index contributed by atoms with van der Waals surface area (Å²) in [5.74, 6) is 0.339. The minimum absolute atomic E-state index is 0.00407. The van der Waals surface area contributed by atoms with E-state index in [2.05, 4.69) is 82.8 Å². The molecule has 1 atom stereocenters. The van der Waals surface area contributed by atoms with Crippen molar-refractivity contribution in [1.29, 1.82) is 0 Å². The first-order valence-corrected chi connectivity index (χ1v) is 15.5.